The molecule has 0 spiro atoms. The number of fused-ring (bicyclic) bond motifs is 1. The number of hydrogen-bond donors (Lipinski definition) is 3. The van der Waals surface area contributed by atoms with Crippen LogP contribution >= 0.6 is 12.2 Å². The van der Waals surface area contributed by atoms with Crippen molar-refractivity contribution in [1.29, 1.82) is 0 Å². The first-order chi connectivity index (χ1) is 14.0. The average molecular weight is 414 g/mol. The van der Waals surface area contributed by atoms with Crippen molar-refractivity contribution in [2.45, 2.75) is 33.1 Å². The summed E-state index contributed by atoms with van der Waals surface area (Å²) in [6.45, 7) is 3.93. The summed E-state index contributed by atoms with van der Waals surface area (Å²) in [4.78, 5) is 13.1. The summed E-state index contributed by atoms with van der Waals surface area (Å²) in [5.41, 5.74) is 2.81. The number of hydrogen-bond acceptors (Lipinski definition) is 5. The molecule has 1 aromatic rings. The van der Waals surface area contributed by atoms with Gasteiger partial charge in [0.1, 0.15) is 16.4 Å². The van der Waals surface area contributed by atoms with Crippen LogP contribution in [0.4, 0.5) is 5.69 Å². The largest absolute Gasteiger partial charge is 0.494 e. The zero-order valence-electron chi connectivity index (χ0n) is 17.2. The summed E-state index contributed by atoms with van der Waals surface area (Å²) in [7, 11) is 3.39. The zero-order valence-corrected chi connectivity index (χ0v) is 18.0. The van der Waals surface area contributed by atoms with E-state index in [4.69, 9.17) is 21.7 Å². The summed E-state index contributed by atoms with van der Waals surface area (Å²) in [5.74, 6) is 1.93. The van der Waals surface area contributed by atoms with Crippen LogP contribution in [0.25, 0.3) is 0 Å². The molecular formula is C22H27N3O3S. The first-order valence-electron chi connectivity index (χ1n) is 9.80. The minimum absolute atomic E-state index is 0.0230. The molecule has 29 heavy (non-hydrogen) atoms. The van der Waals surface area contributed by atoms with Crippen molar-refractivity contribution in [3.05, 3.63) is 53.1 Å². The van der Waals surface area contributed by atoms with Crippen molar-refractivity contribution in [2.75, 3.05) is 19.5 Å². The number of para-hydroxylation sites is 1. The Hall–Kier alpha value is -2.80. The molecule has 0 atom stereocenters. The van der Waals surface area contributed by atoms with E-state index < -0.39 is 0 Å². The summed E-state index contributed by atoms with van der Waals surface area (Å²) >= 11 is 5.51. The topological polar surface area (TPSA) is 71.6 Å². The molecule has 1 fully saturated rings. The Bertz CT molecular complexity index is 914. The fourth-order valence-corrected chi connectivity index (χ4v) is 3.34. The highest BCUT2D eigenvalue weighted by Crippen LogP contribution is 2.42. The molecule has 0 radical (unpaired) electrons. The third-order valence-corrected chi connectivity index (χ3v) is 5.21. The number of likely N-dealkylation sites (N-methyl/N-ethyl adjacent to an activating group) is 1. The van der Waals surface area contributed by atoms with Crippen LogP contribution in [0, 0.1) is 5.92 Å². The first kappa shape index (κ1) is 20.9. The van der Waals surface area contributed by atoms with Crippen LogP contribution < -0.4 is 25.4 Å². The van der Waals surface area contributed by atoms with E-state index >= 15 is 0 Å². The maximum absolute atomic E-state index is 12.5. The molecule has 2 aliphatic rings. The van der Waals surface area contributed by atoms with E-state index in [2.05, 4.69) is 16.0 Å². The van der Waals surface area contributed by atoms with E-state index in [-0.39, 0.29) is 11.8 Å². The molecule has 154 valence electrons. The number of methoxy groups -OCH3 is 1. The number of amides is 1. The Kier molecular flexibility index (Phi) is 6.59. The van der Waals surface area contributed by atoms with E-state index in [0.29, 0.717) is 33.6 Å². The van der Waals surface area contributed by atoms with E-state index in [1.54, 1.807) is 14.2 Å². The minimum Gasteiger partial charge on any atom is -0.494 e. The fraction of sp³-hybridized carbons (Fsp3) is 0.364. The zero-order chi connectivity index (χ0) is 21.0. The van der Waals surface area contributed by atoms with Crippen LogP contribution in [0.5, 0.6) is 11.5 Å². The van der Waals surface area contributed by atoms with E-state index in [0.717, 1.165) is 30.5 Å². The highest BCUT2D eigenvalue weighted by Gasteiger charge is 2.33. The van der Waals surface area contributed by atoms with Gasteiger partial charge in [-0.25, -0.2) is 0 Å². The lowest BCUT2D eigenvalue weighted by atomic mass is 10.1. The Labute approximate surface area is 177 Å². The van der Waals surface area contributed by atoms with Gasteiger partial charge in [0, 0.05) is 18.5 Å². The molecule has 1 saturated carbocycles. The maximum Gasteiger partial charge on any atom is 0.227 e. The minimum atomic E-state index is 0.0230. The average Bonchev–Trinajstić information content (AvgIpc) is 3.58. The van der Waals surface area contributed by atoms with Gasteiger partial charge in [0.25, 0.3) is 0 Å². The molecule has 1 aromatic carbocycles. The highest BCUT2D eigenvalue weighted by molar-refractivity contribution is 7.80. The number of carbonyl (C=O) groups is 1. The monoisotopic (exact) mass is 413 g/mol. The Morgan fingerprint density at radius 2 is 2.17 bits per heavy atom. The molecule has 0 saturated heterocycles. The number of allylic oxidation sites excluding steroid dienone is 2. The number of nitrogens with one attached hydrogen (secondary N) is 3. The van der Waals surface area contributed by atoms with E-state index in [9.17, 15) is 4.79 Å². The van der Waals surface area contributed by atoms with Gasteiger partial charge in [0.05, 0.1) is 18.5 Å². The summed E-state index contributed by atoms with van der Waals surface area (Å²) in [5, 5.41) is 9.51. The van der Waals surface area contributed by atoms with Crippen LogP contribution in [0.1, 0.15) is 33.1 Å². The Morgan fingerprint density at radius 3 is 2.76 bits per heavy atom. The molecule has 6 nitrogen and oxygen atoms in total. The standard InChI is InChI=1S/C22H27N3O3S/c1-5-8-15(24-21(26)13-11-12-13)20-18(14(6-2)22(29)23-3)25-19-16(27-4)9-7-10-17(19)28-20/h6-10,13,25H,5,11-12H2,1-4H3,(H,23,29)(H,24,26)/b14-6+,15-8-. The van der Waals surface area contributed by atoms with Gasteiger partial charge < -0.3 is 25.4 Å². The molecule has 7 heteroatoms. The molecule has 0 unspecified atom stereocenters. The number of benzene rings is 1. The second-order valence-electron chi connectivity index (χ2n) is 6.84. The lowest BCUT2D eigenvalue weighted by Crippen LogP contribution is -2.31. The third kappa shape index (κ3) is 4.45. The smallest absolute Gasteiger partial charge is 0.227 e. The molecular weight excluding hydrogens is 386 g/mol. The predicted octanol–water partition coefficient (Wildman–Crippen LogP) is 4.02. The predicted molar refractivity (Wildman–Crippen MR) is 119 cm³/mol. The fourth-order valence-electron chi connectivity index (χ4n) is 3.12. The van der Waals surface area contributed by atoms with Crippen molar-refractivity contribution in [3.8, 4) is 11.5 Å². The van der Waals surface area contributed by atoms with Gasteiger partial charge in [-0.3, -0.25) is 4.79 Å². The number of carbonyl (C=O) groups excluding carboxylic acids is 1. The van der Waals surface area contributed by atoms with Crippen molar-refractivity contribution < 1.29 is 14.3 Å². The highest BCUT2D eigenvalue weighted by atomic mass is 32.1. The SMILES string of the molecule is C/C=C(/C(=S)NC)C1=C(/C(=C/CC)NC(=O)C2CC2)Oc2cccc(OC)c2N1. The van der Waals surface area contributed by atoms with Gasteiger partial charge in [-0.15, -0.1) is 0 Å². The molecule has 1 heterocycles. The Balaban J connectivity index is 2.11. The Morgan fingerprint density at radius 1 is 1.41 bits per heavy atom. The number of ether oxygens (including phenoxy) is 2. The van der Waals surface area contributed by atoms with Crippen LogP contribution in [0.15, 0.2) is 53.1 Å². The van der Waals surface area contributed by atoms with Crippen molar-refractivity contribution in [2.24, 2.45) is 5.92 Å². The van der Waals surface area contributed by atoms with Gasteiger partial charge in [-0.1, -0.05) is 37.4 Å². The second-order valence-corrected chi connectivity index (χ2v) is 7.24. The van der Waals surface area contributed by atoms with E-state index in [1.807, 2.05) is 44.2 Å². The van der Waals surface area contributed by atoms with Gasteiger partial charge in [0.2, 0.25) is 5.91 Å². The van der Waals surface area contributed by atoms with Crippen molar-refractivity contribution >= 4 is 28.8 Å². The third-order valence-electron chi connectivity index (χ3n) is 4.79. The molecule has 0 aromatic heterocycles. The molecule has 3 rings (SSSR count). The quantitative estimate of drug-likeness (QED) is 0.463. The van der Waals surface area contributed by atoms with Gasteiger partial charge in [-0.2, -0.15) is 0 Å². The number of anilines is 1. The van der Waals surface area contributed by atoms with Crippen LogP contribution in [-0.4, -0.2) is 25.1 Å². The summed E-state index contributed by atoms with van der Waals surface area (Å²) < 4.78 is 11.8. The first-order valence-corrected chi connectivity index (χ1v) is 10.2. The summed E-state index contributed by atoms with van der Waals surface area (Å²) in [6.07, 6.45) is 6.48. The van der Waals surface area contributed by atoms with Crippen molar-refractivity contribution in [3.63, 3.8) is 0 Å². The lowest BCUT2D eigenvalue weighted by Gasteiger charge is -2.29. The normalized spacial score (nSPS) is 16.4. The second kappa shape index (κ2) is 9.13. The maximum atomic E-state index is 12.5. The van der Waals surface area contributed by atoms with Crippen molar-refractivity contribution in [1.82, 2.24) is 10.6 Å². The molecule has 3 N–H and O–H groups in total. The number of rotatable bonds is 7. The molecule has 1 aliphatic carbocycles. The van der Waals surface area contributed by atoms with Crippen LogP contribution in [0.3, 0.4) is 0 Å². The summed E-state index contributed by atoms with van der Waals surface area (Å²) in [6, 6.07) is 5.59. The molecule has 1 aliphatic heterocycles. The lowest BCUT2D eigenvalue weighted by molar-refractivity contribution is -0.121. The molecule has 1 amide bonds. The van der Waals surface area contributed by atoms with Gasteiger partial charge in [0.15, 0.2) is 11.5 Å². The van der Waals surface area contributed by atoms with Crippen LogP contribution in [0.2, 0.25) is 0 Å². The van der Waals surface area contributed by atoms with Crippen LogP contribution in [-0.2, 0) is 4.79 Å². The number of thiocarbonyl (C=S) groups is 1. The van der Waals surface area contributed by atoms with Gasteiger partial charge >= 0.3 is 0 Å². The molecule has 0 bridgehead atoms. The van der Waals surface area contributed by atoms with E-state index in [1.165, 1.54) is 0 Å². The van der Waals surface area contributed by atoms with Gasteiger partial charge in [-0.05, 0) is 38.3 Å².